The van der Waals surface area contributed by atoms with Gasteiger partial charge in [-0.25, -0.2) is 9.78 Å². The van der Waals surface area contributed by atoms with Gasteiger partial charge in [-0.2, -0.15) is 0 Å². The Labute approximate surface area is 190 Å². The number of nitrogens with zero attached hydrogens (tertiary/aromatic N) is 3. The molecule has 1 aliphatic rings. The first-order chi connectivity index (χ1) is 15.7. The normalized spacial score (nSPS) is 15.2. The largest absolute Gasteiger partial charge is 0.354 e. The number of anilines is 1. The molecule has 1 aliphatic heterocycles. The van der Waals surface area contributed by atoms with Crippen molar-refractivity contribution >= 4 is 11.8 Å². The zero-order valence-corrected chi connectivity index (χ0v) is 18.6. The van der Waals surface area contributed by atoms with Crippen LogP contribution in [0.1, 0.15) is 22.7 Å². The summed E-state index contributed by atoms with van der Waals surface area (Å²) in [5, 5.41) is 6.12. The molecule has 0 unspecified atom stereocenters. The van der Waals surface area contributed by atoms with E-state index in [2.05, 4.69) is 56.7 Å². The van der Waals surface area contributed by atoms with E-state index in [1.807, 2.05) is 54.7 Å². The van der Waals surface area contributed by atoms with E-state index in [4.69, 9.17) is 0 Å². The highest BCUT2D eigenvalue weighted by Crippen LogP contribution is 2.18. The molecule has 32 heavy (non-hydrogen) atoms. The van der Waals surface area contributed by atoms with Crippen molar-refractivity contribution in [2.24, 2.45) is 0 Å². The second-order valence-corrected chi connectivity index (χ2v) is 8.29. The first-order valence-electron chi connectivity index (χ1n) is 11.2. The monoisotopic (exact) mass is 429 g/mol. The highest BCUT2D eigenvalue weighted by molar-refractivity contribution is 5.74. The van der Waals surface area contributed by atoms with Crippen molar-refractivity contribution in [3.63, 3.8) is 0 Å². The maximum Gasteiger partial charge on any atom is 0.315 e. The summed E-state index contributed by atoms with van der Waals surface area (Å²) in [5.74, 6) is 0.998. The van der Waals surface area contributed by atoms with E-state index in [9.17, 15) is 4.79 Å². The predicted octanol–water partition coefficient (Wildman–Crippen LogP) is 3.62. The van der Waals surface area contributed by atoms with Gasteiger partial charge in [0.05, 0.1) is 6.04 Å². The Bertz CT molecular complexity index is 970. The molecule has 2 heterocycles. The second kappa shape index (κ2) is 10.8. The molecule has 1 aromatic heterocycles. The highest BCUT2D eigenvalue weighted by Gasteiger charge is 2.16. The number of carbonyl (C=O) groups excluding carboxylic acids is 1. The molecule has 4 rings (SSSR count). The third kappa shape index (κ3) is 6.08. The molecule has 0 bridgehead atoms. The van der Waals surface area contributed by atoms with Gasteiger partial charge in [-0.15, -0.1) is 0 Å². The van der Waals surface area contributed by atoms with Gasteiger partial charge in [0.1, 0.15) is 5.82 Å². The van der Waals surface area contributed by atoms with Crippen LogP contribution in [0, 0.1) is 0 Å². The summed E-state index contributed by atoms with van der Waals surface area (Å²) in [6.45, 7) is 4.53. The first kappa shape index (κ1) is 21.8. The van der Waals surface area contributed by atoms with E-state index in [-0.39, 0.29) is 12.1 Å². The van der Waals surface area contributed by atoms with Gasteiger partial charge in [0.15, 0.2) is 0 Å². The fourth-order valence-corrected chi connectivity index (χ4v) is 3.92. The van der Waals surface area contributed by atoms with E-state index in [1.165, 1.54) is 5.56 Å². The van der Waals surface area contributed by atoms with Gasteiger partial charge in [-0.05, 0) is 36.2 Å². The molecule has 2 amide bonds. The number of likely N-dealkylation sites (N-methyl/N-ethyl adjacent to an activating group) is 1. The van der Waals surface area contributed by atoms with Crippen LogP contribution in [0.15, 0.2) is 79.0 Å². The summed E-state index contributed by atoms with van der Waals surface area (Å²) in [4.78, 5) is 21.9. The zero-order valence-electron chi connectivity index (χ0n) is 18.6. The number of nitrogens with one attached hydrogen (secondary N) is 2. The van der Waals surface area contributed by atoms with E-state index < -0.39 is 0 Å². The molecule has 1 fully saturated rings. The summed E-state index contributed by atoms with van der Waals surface area (Å²) in [7, 11) is 2.15. The molecule has 1 saturated heterocycles. The Hall–Kier alpha value is -3.38. The standard InChI is InChI=1S/C26H31N5O/c1-30-14-16-31(17-15-30)25-13-12-22(19-27-25)20-28-26(32)29-24(23-10-6-3-7-11-23)18-21-8-4-2-5-9-21/h2-13,19,24H,14-18,20H2,1H3,(H2,28,29,32)/t24-/m0/s1. The molecule has 0 radical (unpaired) electrons. The maximum absolute atomic E-state index is 12.7. The Morgan fingerprint density at radius 2 is 1.59 bits per heavy atom. The Kier molecular flexibility index (Phi) is 7.35. The summed E-state index contributed by atoms with van der Waals surface area (Å²) in [5.41, 5.74) is 3.26. The van der Waals surface area contributed by atoms with Crippen molar-refractivity contribution < 1.29 is 4.79 Å². The summed E-state index contributed by atoms with van der Waals surface area (Å²) in [6.07, 6.45) is 2.59. The average Bonchev–Trinajstić information content (AvgIpc) is 2.84. The van der Waals surface area contributed by atoms with E-state index in [1.54, 1.807) is 0 Å². The molecule has 1 atom stereocenters. The average molecular weight is 430 g/mol. The number of pyridine rings is 1. The lowest BCUT2D eigenvalue weighted by Gasteiger charge is -2.33. The summed E-state index contributed by atoms with van der Waals surface area (Å²) < 4.78 is 0. The van der Waals surface area contributed by atoms with Crippen molar-refractivity contribution in [2.75, 3.05) is 38.1 Å². The first-order valence-corrected chi connectivity index (χ1v) is 11.2. The molecular weight excluding hydrogens is 398 g/mol. The van der Waals surface area contributed by atoms with Gasteiger partial charge >= 0.3 is 6.03 Å². The van der Waals surface area contributed by atoms with Gasteiger partial charge in [-0.3, -0.25) is 0 Å². The van der Waals surface area contributed by atoms with E-state index >= 15 is 0 Å². The minimum Gasteiger partial charge on any atom is -0.354 e. The van der Waals surface area contributed by atoms with Crippen molar-refractivity contribution in [1.29, 1.82) is 0 Å². The van der Waals surface area contributed by atoms with Crippen molar-refractivity contribution in [3.05, 3.63) is 95.7 Å². The molecular formula is C26H31N5O. The van der Waals surface area contributed by atoms with Crippen LogP contribution in [-0.2, 0) is 13.0 Å². The van der Waals surface area contributed by atoms with Gasteiger partial charge < -0.3 is 20.4 Å². The minimum atomic E-state index is -0.182. The SMILES string of the molecule is CN1CCN(c2ccc(CNC(=O)N[C@@H](Cc3ccccc3)c3ccccc3)cn2)CC1. The van der Waals surface area contributed by atoms with Gasteiger partial charge in [0.25, 0.3) is 0 Å². The molecule has 0 spiro atoms. The second-order valence-electron chi connectivity index (χ2n) is 8.29. The molecule has 2 N–H and O–H groups in total. The number of urea groups is 1. The van der Waals surface area contributed by atoms with Crippen LogP contribution in [-0.4, -0.2) is 49.1 Å². The quantitative estimate of drug-likeness (QED) is 0.602. The minimum absolute atomic E-state index is 0.101. The van der Waals surface area contributed by atoms with Crippen LogP contribution in [0.3, 0.4) is 0 Å². The number of carbonyl (C=O) groups is 1. The highest BCUT2D eigenvalue weighted by atomic mass is 16.2. The number of hydrogen-bond donors (Lipinski definition) is 2. The van der Waals surface area contributed by atoms with Gasteiger partial charge in [-0.1, -0.05) is 66.7 Å². The number of rotatable bonds is 7. The zero-order chi connectivity index (χ0) is 22.2. The van der Waals surface area contributed by atoms with Crippen LogP contribution < -0.4 is 15.5 Å². The van der Waals surface area contributed by atoms with Crippen molar-refractivity contribution in [1.82, 2.24) is 20.5 Å². The van der Waals surface area contributed by atoms with E-state index in [0.29, 0.717) is 6.54 Å². The van der Waals surface area contributed by atoms with E-state index in [0.717, 1.165) is 49.5 Å². The van der Waals surface area contributed by atoms with Crippen molar-refractivity contribution in [2.45, 2.75) is 19.0 Å². The molecule has 166 valence electrons. The molecule has 6 heteroatoms. The van der Waals surface area contributed by atoms with Crippen LogP contribution in [0.4, 0.5) is 10.6 Å². The predicted molar refractivity (Wildman–Crippen MR) is 129 cm³/mol. The van der Waals surface area contributed by atoms with Gasteiger partial charge in [0, 0.05) is 38.9 Å². The van der Waals surface area contributed by atoms with Crippen molar-refractivity contribution in [3.8, 4) is 0 Å². The maximum atomic E-state index is 12.7. The third-order valence-corrected chi connectivity index (χ3v) is 5.88. The number of aromatic nitrogens is 1. The fourth-order valence-electron chi connectivity index (χ4n) is 3.92. The molecule has 2 aromatic carbocycles. The Morgan fingerprint density at radius 3 is 2.25 bits per heavy atom. The van der Waals surface area contributed by atoms with Gasteiger partial charge in [0.2, 0.25) is 0 Å². The number of hydrogen-bond acceptors (Lipinski definition) is 4. The number of amides is 2. The molecule has 0 saturated carbocycles. The third-order valence-electron chi connectivity index (χ3n) is 5.88. The number of benzene rings is 2. The molecule has 0 aliphatic carbocycles. The summed E-state index contributed by atoms with van der Waals surface area (Å²) >= 11 is 0. The molecule has 3 aromatic rings. The molecule has 6 nitrogen and oxygen atoms in total. The lowest BCUT2D eigenvalue weighted by atomic mass is 9.99. The van der Waals surface area contributed by atoms with Crippen LogP contribution in [0.2, 0.25) is 0 Å². The smallest absolute Gasteiger partial charge is 0.315 e. The fraction of sp³-hybridized carbons (Fsp3) is 0.308. The Balaban J connectivity index is 1.33. The Morgan fingerprint density at radius 1 is 0.906 bits per heavy atom. The lowest BCUT2D eigenvalue weighted by molar-refractivity contribution is 0.236. The number of piperazine rings is 1. The van der Waals surface area contributed by atoms with Crippen LogP contribution >= 0.6 is 0 Å². The van der Waals surface area contributed by atoms with Crippen LogP contribution in [0.5, 0.6) is 0 Å². The van der Waals surface area contributed by atoms with Crippen LogP contribution in [0.25, 0.3) is 0 Å². The summed E-state index contributed by atoms with van der Waals surface area (Å²) in [6, 6.07) is 24.1. The lowest BCUT2D eigenvalue weighted by Crippen LogP contribution is -2.44. The topological polar surface area (TPSA) is 60.5 Å².